The number of methoxy groups -OCH3 is 1. The molecule has 2 N–H and O–H groups in total. The predicted molar refractivity (Wildman–Crippen MR) is 105 cm³/mol. The SMILES string of the molecule is COCCOC1c2ccc3c(nc(C)n3C)c2NC(c2ccccc2)C1O. The molecule has 3 unspecified atom stereocenters. The molecule has 1 aliphatic heterocycles. The number of aliphatic hydroxyl groups excluding tert-OH is 1. The summed E-state index contributed by atoms with van der Waals surface area (Å²) in [5.41, 5.74) is 4.83. The van der Waals surface area contributed by atoms with E-state index in [1.807, 2.05) is 56.4 Å². The van der Waals surface area contributed by atoms with Crippen molar-refractivity contribution in [2.45, 2.75) is 25.2 Å². The fourth-order valence-electron chi connectivity index (χ4n) is 3.77. The first-order valence-electron chi connectivity index (χ1n) is 9.18. The molecule has 0 radical (unpaired) electrons. The van der Waals surface area contributed by atoms with Gasteiger partial charge in [-0.05, 0) is 18.6 Å². The Labute approximate surface area is 158 Å². The Kier molecular flexibility index (Phi) is 4.86. The van der Waals surface area contributed by atoms with Crippen molar-refractivity contribution >= 4 is 16.7 Å². The topological polar surface area (TPSA) is 68.5 Å². The molecule has 142 valence electrons. The summed E-state index contributed by atoms with van der Waals surface area (Å²) in [6, 6.07) is 13.7. The highest BCUT2D eigenvalue weighted by Crippen LogP contribution is 2.44. The van der Waals surface area contributed by atoms with E-state index in [2.05, 4.69) is 9.88 Å². The highest BCUT2D eigenvalue weighted by atomic mass is 16.5. The number of benzene rings is 2. The Morgan fingerprint density at radius 3 is 2.67 bits per heavy atom. The molecule has 0 amide bonds. The van der Waals surface area contributed by atoms with Gasteiger partial charge in [0.1, 0.15) is 23.5 Å². The highest BCUT2D eigenvalue weighted by molar-refractivity contribution is 5.92. The zero-order valence-corrected chi connectivity index (χ0v) is 15.8. The van der Waals surface area contributed by atoms with E-state index in [0.29, 0.717) is 13.2 Å². The summed E-state index contributed by atoms with van der Waals surface area (Å²) in [6.07, 6.45) is -1.17. The number of ether oxygens (including phenoxy) is 2. The van der Waals surface area contributed by atoms with Crippen LogP contribution in [0.3, 0.4) is 0 Å². The maximum Gasteiger partial charge on any atom is 0.113 e. The van der Waals surface area contributed by atoms with Gasteiger partial charge in [0.15, 0.2) is 0 Å². The molecule has 1 aromatic heterocycles. The van der Waals surface area contributed by atoms with Crippen LogP contribution in [0.25, 0.3) is 11.0 Å². The predicted octanol–water partition coefficient (Wildman–Crippen LogP) is 3.11. The zero-order chi connectivity index (χ0) is 19.0. The van der Waals surface area contributed by atoms with Crippen LogP contribution in [0.4, 0.5) is 5.69 Å². The highest BCUT2D eigenvalue weighted by Gasteiger charge is 2.38. The van der Waals surface area contributed by atoms with E-state index in [4.69, 9.17) is 14.5 Å². The summed E-state index contributed by atoms with van der Waals surface area (Å²) in [5, 5.41) is 14.6. The van der Waals surface area contributed by atoms with Crippen LogP contribution in [-0.2, 0) is 16.5 Å². The normalized spacial score (nSPS) is 21.9. The zero-order valence-electron chi connectivity index (χ0n) is 15.8. The van der Waals surface area contributed by atoms with E-state index < -0.39 is 12.2 Å². The molecule has 0 saturated carbocycles. The van der Waals surface area contributed by atoms with E-state index in [0.717, 1.165) is 33.7 Å². The molecule has 3 atom stereocenters. The Bertz CT molecular complexity index is 939. The first-order valence-corrected chi connectivity index (χ1v) is 9.18. The number of aryl methyl sites for hydroxylation is 2. The van der Waals surface area contributed by atoms with Crippen molar-refractivity contribution in [3.05, 3.63) is 59.4 Å². The summed E-state index contributed by atoms with van der Waals surface area (Å²) in [6.45, 7) is 2.89. The van der Waals surface area contributed by atoms with E-state index in [9.17, 15) is 5.11 Å². The lowest BCUT2D eigenvalue weighted by atomic mass is 9.88. The molecular weight excluding hydrogens is 342 g/mol. The number of nitrogens with one attached hydrogen (secondary N) is 1. The van der Waals surface area contributed by atoms with E-state index >= 15 is 0 Å². The van der Waals surface area contributed by atoms with Gasteiger partial charge in [-0.3, -0.25) is 0 Å². The summed E-state index contributed by atoms with van der Waals surface area (Å²) in [5.74, 6) is 0.944. The van der Waals surface area contributed by atoms with Gasteiger partial charge < -0.3 is 24.5 Å². The van der Waals surface area contributed by atoms with Gasteiger partial charge in [0, 0.05) is 19.7 Å². The number of hydrogen-bond donors (Lipinski definition) is 2. The molecule has 3 aromatic rings. The Hall–Kier alpha value is -2.41. The molecule has 0 saturated heterocycles. The minimum absolute atomic E-state index is 0.279. The molecule has 0 aliphatic carbocycles. The van der Waals surface area contributed by atoms with Crippen molar-refractivity contribution in [1.82, 2.24) is 9.55 Å². The molecule has 27 heavy (non-hydrogen) atoms. The van der Waals surface area contributed by atoms with Gasteiger partial charge in [0.25, 0.3) is 0 Å². The quantitative estimate of drug-likeness (QED) is 0.678. The first-order chi connectivity index (χ1) is 13.1. The summed E-state index contributed by atoms with van der Waals surface area (Å²) < 4.78 is 13.2. The van der Waals surface area contributed by atoms with Gasteiger partial charge in [-0.1, -0.05) is 36.4 Å². The molecule has 2 aromatic carbocycles. The van der Waals surface area contributed by atoms with E-state index in [1.54, 1.807) is 7.11 Å². The molecule has 2 heterocycles. The van der Waals surface area contributed by atoms with Crippen LogP contribution in [0, 0.1) is 6.92 Å². The molecule has 6 nitrogen and oxygen atoms in total. The van der Waals surface area contributed by atoms with Gasteiger partial charge in [-0.15, -0.1) is 0 Å². The van der Waals surface area contributed by atoms with Crippen molar-refractivity contribution in [3.63, 3.8) is 0 Å². The summed E-state index contributed by atoms with van der Waals surface area (Å²) >= 11 is 0. The van der Waals surface area contributed by atoms with Crippen LogP contribution >= 0.6 is 0 Å². The third-order valence-electron chi connectivity index (χ3n) is 5.31. The molecule has 6 heteroatoms. The smallest absolute Gasteiger partial charge is 0.113 e. The first kappa shape index (κ1) is 18.0. The lowest BCUT2D eigenvalue weighted by Crippen LogP contribution is -2.37. The molecule has 0 bridgehead atoms. The number of imidazole rings is 1. The Morgan fingerprint density at radius 2 is 1.93 bits per heavy atom. The van der Waals surface area contributed by atoms with Gasteiger partial charge in [0.2, 0.25) is 0 Å². The Balaban J connectivity index is 1.82. The van der Waals surface area contributed by atoms with Crippen LogP contribution < -0.4 is 5.32 Å². The molecule has 1 aliphatic rings. The fraction of sp³-hybridized carbons (Fsp3) is 0.381. The Morgan fingerprint density at radius 1 is 1.15 bits per heavy atom. The van der Waals surface area contributed by atoms with Crippen LogP contribution in [0.5, 0.6) is 0 Å². The van der Waals surface area contributed by atoms with Crippen molar-refractivity contribution < 1.29 is 14.6 Å². The number of fused-ring (bicyclic) bond motifs is 3. The maximum atomic E-state index is 11.1. The summed E-state index contributed by atoms with van der Waals surface area (Å²) in [4.78, 5) is 4.75. The minimum Gasteiger partial charge on any atom is -0.388 e. The van der Waals surface area contributed by atoms with Crippen molar-refractivity contribution in [2.24, 2.45) is 7.05 Å². The molecular formula is C21H25N3O3. The van der Waals surface area contributed by atoms with Crippen LogP contribution in [0.15, 0.2) is 42.5 Å². The van der Waals surface area contributed by atoms with E-state index in [1.165, 1.54) is 0 Å². The second kappa shape index (κ2) is 7.31. The van der Waals surface area contributed by atoms with Crippen molar-refractivity contribution in [2.75, 3.05) is 25.6 Å². The lowest BCUT2D eigenvalue weighted by molar-refractivity contribution is -0.0633. The maximum absolute atomic E-state index is 11.1. The van der Waals surface area contributed by atoms with E-state index in [-0.39, 0.29) is 6.04 Å². The van der Waals surface area contributed by atoms with Gasteiger partial charge in [0.05, 0.1) is 30.5 Å². The summed E-state index contributed by atoms with van der Waals surface area (Å²) in [7, 11) is 3.65. The van der Waals surface area contributed by atoms with Gasteiger partial charge in [-0.25, -0.2) is 4.98 Å². The average molecular weight is 367 g/mol. The van der Waals surface area contributed by atoms with Gasteiger partial charge >= 0.3 is 0 Å². The second-order valence-corrected chi connectivity index (χ2v) is 6.92. The van der Waals surface area contributed by atoms with Crippen molar-refractivity contribution in [3.8, 4) is 0 Å². The van der Waals surface area contributed by atoms with Gasteiger partial charge in [-0.2, -0.15) is 0 Å². The molecule has 4 rings (SSSR count). The monoisotopic (exact) mass is 367 g/mol. The standard InChI is InChI=1S/C21H25N3O3/c1-13-22-19-16(24(13)2)10-9-15-18(19)23-17(14-7-5-4-6-8-14)20(25)21(15)27-12-11-26-3/h4-10,17,20-21,23,25H,11-12H2,1-3H3. The molecule has 0 fully saturated rings. The minimum atomic E-state index is -0.723. The largest absolute Gasteiger partial charge is 0.388 e. The number of aromatic nitrogens is 2. The number of anilines is 1. The fourth-order valence-corrected chi connectivity index (χ4v) is 3.77. The van der Waals surface area contributed by atoms with Crippen LogP contribution in [-0.4, -0.2) is 41.1 Å². The number of aliphatic hydroxyl groups is 1. The number of hydrogen-bond acceptors (Lipinski definition) is 5. The number of nitrogens with zero attached hydrogens (tertiary/aromatic N) is 2. The third kappa shape index (κ3) is 3.10. The van der Waals surface area contributed by atoms with Crippen molar-refractivity contribution in [1.29, 1.82) is 0 Å². The third-order valence-corrected chi connectivity index (χ3v) is 5.31. The average Bonchev–Trinajstić information content (AvgIpc) is 2.98. The van der Waals surface area contributed by atoms with Crippen LogP contribution in [0.2, 0.25) is 0 Å². The number of rotatable bonds is 5. The second-order valence-electron chi connectivity index (χ2n) is 6.92. The molecule has 0 spiro atoms. The lowest BCUT2D eigenvalue weighted by Gasteiger charge is -2.38. The van der Waals surface area contributed by atoms with Crippen LogP contribution in [0.1, 0.15) is 29.1 Å².